The van der Waals surface area contributed by atoms with Crippen LogP contribution in [0.25, 0.3) is 0 Å². The van der Waals surface area contributed by atoms with Gasteiger partial charge in [-0.05, 0) is 120 Å². The fourth-order valence-electron chi connectivity index (χ4n) is 6.91. The number of aromatic nitrogens is 1. The largest absolute Gasteiger partial charge is 0.869 e. The van der Waals surface area contributed by atoms with Crippen molar-refractivity contribution in [3.8, 4) is 11.5 Å². The summed E-state index contributed by atoms with van der Waals surface area (Å²) < 4.78 is 0. The Morgan fingerprint density at radius 3 is 1.62 bits per heavy atom. The first-order valence-corrected chi connectivity index (χ1v) is 16.7. The Morgan fingerprint density at radius 1 is 0.771 bits per heavy atom. The Bertz CT molecular complexity index is 1610. The monoisotopic (exact) mass is 695 g/mol. The zero-order valence-corrected chi connectivity index (χ0v) is 30.5. The molecule has 1 aliphatic carbocycles. The Balaban J connectivity index is 0.000000295. The van der Waals surface area contributed by atoms with Crippen LogP contribution < -0.4 is 15.7 Å². The molecule has 259 valence electrons. The van der Waals surface area contributed by atoms with Crippen LogP contribution in [0.15, 0.2) is 54.6 Å². The molecule has 0 aliphatic heterocycles. The van der Waals surface area contributed by atoms with Crippen molar-refractivity contribution in [1.29, 1.82) is 0 Å². The van der Waals surface area contributed by atoms with E-state index in [1.165, 1.54) is 57.2 Å². The van der Waals surface area contributed by atoms with Crippen molar-refractivity contribution in [1.82, 2.24) is 4.98 Å². The number of aromatic carboxylic acids is 1. The third-order valence-corrected chi connectivity index (χ3v) is 9.18. The number of nitrogens with one attached hydrogen (secondary N) is 2. The number of nitrogens with zero attached hydrogens (tertiary/aromatic N) is 1. The molecular formula is C40H50CoN3O4-. The molecule has 1 fully saturated rings. The van der Waals surface area contributed by atoms with Gasteiger partial charge in [-0.2, -0.15) is 0 Å². The number of pyridine rings is 1. The van der Waals surface area contributed by atoms with Crippen LogP contribution in [0.5, 0.6) is 11.5 Å². The smallest absolute Gasteiger partial charge is 0.335 e. The molecule has 48 heavy (non-hydrogen) atoms. The van der Waals surface area contributed by atoms with Crippen molar-refractivity contribution in [3.63, 3.8) is 0 Å². The summed E-state index contributed by atoms with van der Waals surface area (Å²) in [6, 6.07) is 18.4. The molecule has 1 aromatic heterocycles. The predicted molar refractivity (Wildman–Crippen MR) is 190 cm³/mol. The van der Waals surface area contributed by atoms with Gasteiger partial charge < -0.3 is 26.0 Å². The first kappa shape index (κ1) is 38.4. The Hall–Kier alpha value is -4.01. The first-order chi connectivity index (χ1) is 22.3. The second kappa shape index (κ2) is 16.9. The summed E-state index contributed by atoms with van der Waals surface area (Å²) in [5.41, 5.74) is 12.5. The predicted octanol–water partition coefficient (Wildman–Crippen LogP) is 9.49. The minimum atomic E-state index is -1.24. The minimum Gasteiger partial charge on any atom is -0.869 e. The van der Waals surface area contributed by atoms with Gasteiger partial charge in [0.15, 0.2) is 0 Å². The van der Waals surface area contributed by atoms with E-state index in [-0.39, 0.29) is 40.3 Å². The number of rotatable bonds is 8. The van der Waals surface area contributed by atoms with Gasteiger partial charge in [0.25, 0.3) is 0 Å². The number of anilines is 2. The van der Waals surface area contributed by atoms with Crippen LogP contribution in [0, 0.1) is 41.5 Å². The number of carbonyl (C=O) groups is 1. The van der Waals surface area contributed by atoms with E-state index < -0.39 is 17.5 Å². The second-order valence-corrected chi connectivity index (χ2v) is 13.3. The number of aryl methyl sites for hydroxylation is 6. The van der Waals surface area contributed by atoms with E-state index in [1.54, 1.807) is 6.07 Å². The van der Waals surface area contributed by atoms with Gasteiger partial charge in [-0.3, -0.25) is 4.98 Å². The van der Waals surface area contributed by atoms with Gasteiger partial charge in [-0.25, -0.2) is 4.79 Å². The fraction of sp³-hybridized carbons (Fsp3) is 0.400. The molecule has 3 aromatic carbocycles. The maximum absolute atomic E-state index is 11.6. The van der Waals surface area contributed by atoms with Gasteiger partial charge in [0.05, 0.1) is 29.0 Å². The van der Waals surface area contributed by atoms with Crippen molar-refractivity contribution < 1.29 is 36.9 Å². The van der Waals surface area contributed by atoms with E-state index in [9.17, 15) is 15.0 Å². The van der Waals surface area contributed by atoms with Crippen molar-refractivity contribution in [2.75, 3.05) is 10.6 Å². The van der Waals surface area contributed by atoms with Crippen LogP contribution in [-0.2, 0) is 16.8 Å². The molecule has 2 unspecified atom stereocenters. The Labute approximate surface area is 296 Å². The Kier molecular flexibility index (Phi) is 13.5. The van der Waals surface area contributed by atoms with E-state index in [0.29, 0.717) is 5.56 Å². The summed E-state index contributed by atoms with van der Waals surface area (Å²) in [4.78, 5) is 16.1. The molecule has 4 N–H and O–H groups in total. The molecule has 0 spiro atoms. The quantitative estimate of drug-likeness (QED) is 0.145. The van der Waals surface area contributed by atoms with Crippen molar-refractivity contribution >= 4 is 17.3 Å². The molecular weight excluding hydrogens is 645 g/mol. The van der Waals surface area contributed by atoms with Crippen molar-refractivity contribution in [2.45, 2.75) is 105 Å². The third-order valence-electron chi connectivity index (χ3n) is 9.18. The van der Waals surface area contributed by atoms with E-state index in [4.69, 9.17) is 10.1 Å². The summed E-state index contributed by atoms with van der Waals surface area (Å²) in [6.07, 6.45) is 5.15. The molecule has 1 aliphatic rings. The SMILES string of the molecule is Cc1cc(C)c(NC(C)c2cccc(C(C)Nc3c(C)cc(C)cc3C)n2)c(C)c1.O=C(O)c1c(C2CCCCC2)ccc(O)c1[O-].[Co]. The van der Waals surface area contributed by atoms with Gasteiger partial charge in [0.2, 0.25) is 0 Å². The van der Waals surface area contributed by atoms with Gasteiger partial charge in [-0.15, -0.1) is 0 Å². The van der Waals surface area contributed by atoms with Crippen LogP contribution >= 0.6 is 0 Å². The average molecular weight is 696 g/mol. The standard InChI is InChI=1S/C27H35N3.C13H16O4.Co/c1-16-12-18(3)26(19(4)13-16)28-22(7)24-10-9-11-25(30-24)23(8)29-27-20(5)14-17(2)15-21(27)6;14-10-7-6-9(8-4-2-1-3-5-8)11(12(10)15)13(16)17;/h9-15,22-23,28-29H,1-8H3;6-8,14-15H,1-5H2,(H,16,17);/p-1. The normalized spacial score (nSPS) is 14.2. The van der Waals surface area contributed by atoms with Gasteiger partial charge in [-0.1, -0.05) is 72.5 Å². The fourth-order valence-corrected chi connectivity index (χ4v) is 6.91. The number of benzene rings is 3. The van der Waals surface area contributed by atoms with Gasteiger partial charge in [0, 0.05) is 28.2 Å². The van der Waals surface area contributed by atoms with Crippen molar-refractivity contribution in [2.24, 2.45) is 0 Å². The number of carboxylic acids is 1. The van der Waals surface area contributed by atoms with Crippen LogP contribution in [0.2, 0.25) is 0 Å². The summed E-state index contributed by atoms with van der Waals surface area (Å²) in [5.74, 6) is -2.35. The maximum atomic E-state index is 11.6. The topological polar surface area (TPSA) is 118 Å². The van der Waals surface area contributed by atoms with E-state index in [2.05, 4.69) is 108 Å². The molecule has 0 bridgehead atoms. The molecule has 1 heterocycles. The maximum Gasteiger partial charge on any atom is 0.335 e. The van der Waals surface area contributed by atoms with Crippen LogP contribution in [-0.4, -0.2) is 21.2 Å². The average Bonchev–Trinajstić information content (AvgIpc) is 3.02. The molecule has 8 heteroatoms. The van der Waals surface area contributed by atoms with Gasteiger partial charge >= 0.3 is 5.97 Å². The first-order valence-electron chi connectivity index (χ1n) is 16.7. The molecule has 1 saturated carbocycles. The molecule has 1 radical (unpaired) electrons. The summed E-state index contributed by atoms with van der Waals surface area (Å²) in [6.45, 7) is 17.3. The molecule has 0 saturated heterocycles. The van der Waals surface area contributed by atoms with Crippen LogP contribution in [0.3, 0.4) is 0 Å². The zero-order chi connectivity index (χ0) is 34.4. The molecule has 0 amide bonds. The minimum absolute atomic E-state index is 0. The number of phenols is 1. The number of phenolic OH excluding ortho intramolecular Hbond substituents is 1. The summed E-state index contributed by atoms with van der Waals surface area (Å²) >= 11 is 0. The molecule has 4 aromatic rings. The third kappa shape index (κ3) is 9.32. The summed E-state index contributed by atoms with van der Waals surface area (Å²) in [5, 5.41) is 37.4. The molecule has 2 atom stereocenters. The van der Waals surface area contributed by atoms with Gasteiger partial charge in [0.1, 0.15) is 5.75 Å². The number of carboxylic acid groups (broad SMARTS) is 1. The van der Waals surface area contributed by atoms with E-state index in [1.807, 2.05) is 0 Å². The second-order valence-electron chi connectivity index (χ2n) is 13.3. The van der Waals surface area contributed by atoms with E-state index in [0.717, 1.165) is 37.1 Å². The van der Waals surface area contributed by atoms with E-state index >= 15 is 0 Å². The molecule has 5 rings (SSSR count). The molecule has 7 nitrogen and oxygen atoms in total. The number of hydrogen-bond donors (Lipinski definition) is 4. The van der Waals surface area contributed by atoms with Crippen LogP contribution in [0.4, 0.5) is 11.4 Å². The zero-order valence-electron chi connectivity index (χ0n) is 29.5. The van der Waals surface area contributed by atoms with Crippen molar-refractivity contribution in [3.05, 3.63) is 110 Å². The van der Waals surface area contributed by atoms with Crippen LogP contribution in [0.1, 0.15) is 125 Å². The Morgan fingerprint density at radius 2 is 1.21 bits per heavy atom. The number of hydrogen-bond acceptors (Lipinski definition) is 6. The summed E-state index contributed by atoms with van der Waals surface area (Å²) in [7, 11) is 0. The number of aromatic hydroxyl groups is 1.